The number of nitrogens with one attached hydrogen (secondary N) is 1. The molecule has 0 aromatic carbocycles. The van der Waals surface area contributed by atoms with Gasteiger partial charge in [0.05, 0.1) is 50.4 Å². The van der Waals surface area contributed by atoms with Crippen molar-refractivity contribution in [2.24, 2.45) is 0 Å². The maximum atomic E-state index is 13.2. The maximum Gasteiger partial charge on any atom is 0.291 e. The van der Waals surface area contributed by atoms with E-state index in [9.17, 15) is 13.2 Å². The number of aromatic nitrogens is 4. The number of hydrogen-bond acceptors (Lipinski definition) is 10. The minimum atomic E-state index is -3.58. The number of carbonyl (C=O) groups excluding carboxylic acids is 1. The molecule has 210 valence electrons. The van der Waals surface area contributed by atoms with E-state index in [1.54, 1.807) is 21.8 Å². The second-order valence-corrected chi connectivity index (χ2v) is 11.6. The highest BCUT2D eigenvalue weighted by molar-refractivity contribution is 7.92. The number of pyridine rings is 1. The maximum absolute atomic E-state index is 13.2. The first-order valence-electron chi connectivity index (χ1n) is 12.8. The Labute approximate surface area is 227 Å². The molecule has 5 heterocycles. The number of oxazole rings is 1. The molecule has 0 atom stereocenters. The van der Waals surface area contributed by atoms with Gasteiger partial charge in [-0.25, -0.2) is 23.1 Å². The van der Waals surface area contributed by atoms with Gasteiger partial charge >= 0.3 is 0 Å². The average molecular weight is 560 g/mol. The van der Waals surface area contributed by atoms with Gasteiger partial charge in [-0.2, -0.15) is 5.10 Å². The molecule has 0 saturated carbocycles. The molecule has 13 nitrogen and oxygen atoms in total. The van der Waals surface area contributed by atoms with Crippen molar-refractivity contribution in [2.45, 2.75) is 32.7 Å². The monoisotopic (exact) mass is 559 g/mol. The van der Waals surface area contributed by atoms with Gasteiger partial charge in [-0.05, 0) is 26.3 Å². The molecule has 0 radical (unpaired) electrons. The van der Waals surface area contributed by atoms with Gasteiger partial charge in [-0.15, -0.1) is 0 Å². The van der Waals surface area contributed by atoms with Gasteiger partial charge in [0.1, 0.15) is 5.69 Å². The first-order valence-corrected chi connectivity index (χ1v) is 14.7. The molecule has 3 aromatic heterocycles. The Hall–Kier alpha value is -3.49. The van der Waals surface area contributed by atoms with Gasteiger partial charge < -0.3 is 18.8 Å². The zero-order valence-corrected chi connectivity index (χ0v) is 23.3. The molecular weight excluding hydrogens is 526 g/mol. The van der Waals surface area contributed by atoms with Gasteiger partial charge in [-0.3, -0.25) is 14.4 Å². The number of carbonyl (C=O) groups is 1. The minimum Gasteiger partial charge on any atom is -0.479 e. The summed E-state index contributed by atoms with van der Waals surface area (Å²) in [6.45, 7) is 8.18. The number of anilines is 1. The van der Waals surface area contributed by atoms with Crippen LogP contribution in [0.4, 0.5) is 5.69 Å². The summed E-state index contributed by atoms with van der Waals surface area (Å²) in [5, 5.41) is 4.80. The fraction of sp³-hybridized carbons (Fsp3) is 0.520. The van der Waals surface area contributed by atoms with Crippen molar-refractivity contribution in [2.75, 3.05) is 57.5 Å². The molecule has 0 bridgehead atoms. The average Bonchev–Trinajstić information content (AvgIpc) is 3.45. The van der Waals surface area contributed by atoms with Crippen LogP contribution in [0.1, 0.15) is 35.7 Å². The van der Waals surface area contributed by atoms with Gasteiger partial charge in [-0.1, -0.05) is 0 Å². The smallest absolute Gasteiger partial charge is 0.291 e. The zero-order chi connectivity index (χ0) is 27.7. The van der Waals surface area contributed by atoms with Crippen LogP contribution in [-0.2, 0) is 27.6 Å². The molecule has 1 fully saturated rings. The summed E-state index contributed by atoms with van der Waals surface area (Å²) in [7, 11) is -2.16. The van der Waals surface area contributed by atoms with Crippen molar-refractivity contribution < 1.29 is 27.1 Å². The number of sulfonamides is 1. The Kier molecular flexibility index (Phi) is 7.60. The van der Waals surface area contributed by atoms with Gasteiger partial charge in [0.25, 0.3) is 5.91 Å². The molecule has 5 rings (SSSR count). The van der Waals surface area contributed by atoms with Crippen LogP contribution in [0.5, 0.6) is 5.88 Å². The van der Waals surface area contributed by atoms with Gasteiger partial charge in [0, 0.05) is 44.2 Å². The molecule has 2 aliphatic rings. The molecule has 0 aliphatic carbocycles. The van der Waals surface area contributed by atoms with E-state index in [1.807, 2.05) is 0 Å². The lowest BCUT2D eigenvalue weighted by Gasteiger charge is -2.36. The number of fused-ring (bicyclic) bond motifs is 1. The molecular formula is C25H33N7O6S. The molecule has 1 amide bonds. The van der Waals surface area contributed by atoms with Crippen molar-refractivity contribution in [3.05, 3.63) is 35.5 Å². The highest BCUT2D eigenvalue weighted by Crippen LogP contribution is 2.32. The number of ether oxygens (including phenoxy) is 2. The summed E-state index contributed by atoms with van der Waals surface area (Å²) in [6, 6.07) is 2.05. The molecule has 0 spiro atoms. The minimum absolute atomic E-state index is 0.135. The summed E-state index contributed by atoms with van der Waals surface area (Å²) < 4.78 is 44.9. The molecule has 1 N–H and O–H groups in total. The Morgan fingerprint density at radius 3 is 2.54 bits per heavy atom. The Balaban J connectivity index is 1.48. The normalized spacial score (nSPS) is 16.7. The van der Waals surface area contributed by atoms with Crippen LogP contribution in [0.25, 0.3) is 17.3 Å². The quantitative estimate of drug-likeness (QED) is 0.453. The Morgan fingerprint density at radius 2 is 1.85 bits per heavy atom. The summed E-state index contributed by atoms with van der Waals surface area (Å²) in [5.41, 5.74) is 2.99. The summed E-state index contributed by atoms with van der Waals surface area (Å²) >= 11 is 0. The summed E-state index contributed by atoms with van der Waals surface area (Å²) in [5.74, 6) is 0.354. The highest BCUT2D eigenvalue weighted by Gasteiger charge is 2.29. The van der Waals surface area contributed by atoms with E-state index in [4.69, 9.17) is 19.0 Å². The molecule has 0 unspecified atom stereocenters. The van der Waals surface area contributed by atoms with Crippen LogP contribution < -0.4 is 9.46 Å². The third kappa shape index (κ3) is 5.77. The van der Waals surface area contributed by atoms with E-state index < -0.39 is 10.0 Å². The zero-order valence-electron chi connectivity index (χ0n) is 22.5. The van der Waals surface area contributed by atoms with Crippen molar-refractivity contribution in [3.63, 3.8) is 0 Å². The summed E-state index contributed by atoms with van der Waals surface area (Å²) in [4.78, 5) is 26.0. The van der Waals surface area contributed by atoms with Crippen molar-refractivity contribution in [3.8, 4) is 23.2 Å². The number of nitrogens with zero attached hydrogens (tertiary/aromatic N) is 6. The van der Waals surface area contributed by atoms with Crippen LogP contribution in [0.3, 0.4) is 0 Å². The lowest BCUT2D eigenvalue weighted by molar-refractivity contribution is 0.0567. The number of hydrogen-bond donors (Lipinski definition) is 1. The van der Waals surface area contributed by atoms with Gasteiger partial charge in [0.15, 0.2) is 5.69 Å². The molecule has 39 heavy (non-hydrogen) atoms. The second kappa shape index (κ2) is 10.9. The fourth-order valence-corrected chi connectivity index (χ4v) is 5.45. The fourth-order valence-electron chi connectivity index (χ4n) is 4.91. The molecule has 1 saturated heterocycles. The summed E-state index contributed by atoms with van der Waals surface area (Å²) in [6.07, 6.45) is 5.20. The van der Waals surface area contributed by atoms with Crippen LogP contribution in [0, 0.1) is 0 Å². The third-order valence-electron chi connectivity index (χ3n) is 6.89. The number of piperazine rings is 1. The molecule has 3 aromatic rings. The van der Waals surface area contributed by atoms with Crippen molar-refractivity contribution in [1.29, 1.82) is 0 Å². The largest absolute Gasteiger partial charge is 0.479 e. The third-order valence-corrected chi connectivity index (χ3v) is 7.48. The van der Waals surface area contributed by atoms with E-state index in [0.717, 1.165) is 30.6 Å². The predicted octanol–water partition coefficient (Wildman–Crippen LogP) is 1.58. The Bertz CT molecular complexity index is 1460. The van der Waals surface area contributed by atoms with E-state index in [1.165, 1.54) is 13.3 Å². The first kappa shape index (κ1) is 27.1. The van der Waals surface area contributed by atoms with Gasteiger partial charge in [0.2, 0.25) is 27.6 Å². The van der Waals surface area contributed by atoms with Crippen molar-refractivity contribution >= 4 is 21.6 Å². The number of amides is 1. The van der Waals surface area contributed by atoms with Crippen LogP contribution >= 0.6 is 0 Å². The standard InChI is InChI=1S/C25H33N7O6S/c1-16(2)30-7-9-31(10-8-30)25(33)21-15-27-24(38-21)22-18-5-11-37-12-6-20(18)32(28-22)17-13-19(29-39(4,34)35)23(36-3)26-14-17/h13-16,29H,5-12H2,1-4H3. The van der Waals surface area contributed by atoms with E-state index in [0.29, 0.717) is 56.6 Å². The van der Waals surface area contributed by atoms with Crippen LogP contribution in [0.15, 0.2) is 22.9 Å². The first-order chi connectivity index (χ1) is 18.6. The van der Waals surface area contributed by atoms with Crippen molar-refractivity contribution in [1.82, 2.24) is 29.5 Å². The number of methoxy groups -OCH3 is 1. The van der Waals surface area contributed by atoms with Crippen LogP contribution in [0.2, 0.25) is 0 Å². The van der Waals surface area contributed by atoms with Crippen LogP contribution in [-0.4, -0.2) is 103 Å². The second-order valence-electron chi connectivity index (χ2n) is 9.87. The molecule has 2 aliphatic heterocycles. The Morgan fingerprint density at radius 1 is 1.10 bits per heavy atom. The lowest BCUT2D eigenvalue weighted by atomic mass is 10.1. The lowest BCUT2D eigenvalue weighted by Crippen LogP contribution is -2.50. The highest BCUT2D eigenvalue weighted by atomic mass is 32.2. The molecule has 14 heteroatoms. The SMILES string of the molecule is COc1ncc(-n2nc(-c3ncc(C(=O)N4CCN(C(C)C)CC4)o3)c3c2CCOCC3)cc1NS(C)(=O)=O. The van der Waals surface area contributed by atoms with E-state index in [-0.39, 0.29) is 29.1 Å². The topological polar surface area (TPSA) is 145 Å². The van der Waals surface area contributed by atoms with E-state index >= 15 is 0 Å². The predicted molar refractivity (Wildman–Crippen MR) is 143 cm³/mol. The number of rotatable bonds is 7. The van der Waals surface area contributed by atoms with E-state index in [2.05, 4.69) is 33.4 Å².